The Morgan fingerprint density at radius 2 is 1.70 bits per heavy atom. The predicted octanol–water partition coefficient (Wildman–Crippen LogP) is 6.15. The first kappa shape index (κ1) is 41.8. The lowest BCUT2D eigenvalue weighted by Crippen LogP contribution is -2.74. The van der Waals surface area contributed by atoms with Crippen LogP contribution in [0.25, 0.3) is 33.4 Å². The van der Waals surface area contributed by atoms with E-state index in [9.17, 15) is 24.3 Å². The van der Waals surface area contributed by atoms with Crippen LogP contribution >= 0.6 is 0 Å². The number of benzene rings is 4. The summed E-state index contributed by atoms with van der Waals surface area (Å²) in [6.07, 6.45) is 5.20. The van der Waals surface area contributed by atoms with Gasteiger partial charge < -0.3 is 44.3 Å². The number of carboxylic acids is 1. The minimum Gasteiger partial charge on any atom is -0.493 e. The van der Waals surface area contributed by atoms with E-state index in [0.717, 1.165) is 79.4 Å². The number of carbonyl (C=O) groups is 4. The van der Waals surface area contributed by atoms with Gasteiger partial charge in [-0.3, -0.25) is 4.79 Å². The number of anilines is 1. The number of nitrogens with zero attached hydrogens (tertiary/aromatic N) is 4. The molecule has 9 rings (SSSR count). The molecule has 0 unspecified atom stereocenters. The lowest BCUT2D eigenvalue weighted by atomic mass is 9.56. The smallest absolute Gasteiger partial charge is 0.407 e. The van der Waals surface area contributed by atoms with Crippen LogP contribution in [0.2, 0.25) is 0 Å². The number of rotatable bonds is 13. The van der Waals surface area contributed by atoms with Crippen molar-refractivity contribution in [1.82, 2.24) is 25.0 Å². The molecule has 0 aromatic heterocycles. The van der Waals surface area contributed by atoms with Crippen LogP contribution in [0.15, 0.2) is 83.3 Å². The van der Waals surface area contributed by atoms with Crippen molar-refractivity contribution >= 4 is 40.7 Å². The number of amides is 4. The fourth-order valence-electron chi connectivity index (χ4n) is 9.96. The van der Waals surface area contributed by atoms with Crippen molar-refractivity contribution in [3.63, 3.8) is 0 Å². The Bertz CT molecular complexity index is 2650. The van der Waals surface area contributed by atoms with E-state index in [1.807, 2.05) is 91.1 Å². The third kappa shape index (κ3) is 8.26. The van der Waals surface area contributed by atoms with Crippen molar-refractivity contribution < 1.29 is 38.2 Å². The summed E-state index contributed by atoms with van der Waals surface area (Å²) in [6.45, 7) is 3.96. The van der Waals surface area contributed by atoms with Crippen LogP contribution in [0, 0.1) is 11.3 Å². The summed E-state index contributed by atoms with van der Waals surface area (Å²) in [5, 5.41) is 17.9. The number of hydrogen-bond donors (Lipinski definition) is 3. The molecule has 4 fully saturated rings. The van der Waals surface area contributed by atoms with Crippen molar-refractivity contribution in [3.05, 3.63) is 101 Å². The Morgan fingerprint density at radius 1 is 0.921 bits per heavy atom. The van der Waals surface area contributed by atoms with E-state index in [4.69, 9.17) is 13.9 Å². The zero-order valence-corrected chi connectivity index (χ0v) is 36.4. The van der Waals surface area contributed by atoms with Gasteiger partial charge in [-0.25, -0.2) is 19.0 Å². The highest BCUT2D eigenvalue weighted by molar-refractivity contribution is 6.09. The molecule has 63 heavy (non-hydrogen) atoms. The van der Waals surface area contributed by atoms with Crippen LogP contribution in [-0.2, 0) is 11.2 Å². The van der Waals surface area contributed by atoms with Crippen molar-refractivity contribution in [2.24, 2.45) is 11.3 Å². The van der Waals surface area contributed by atoms with Crippen molar-refractivity contribution in [2.45, 2.75) is 44.1 Å². The maximum atomic E-state index is 13.6. The van der Waals surface area contributed by atoms with E-state index in [2.05, 4.69) is 22.8 Å². The number of unbranched alkanes of at least 4 members (excludes halogenated alkanes) is 2. The second-order valence-corrected chi connectivity index (χ2v) is 18.4. The topological polar surface area (TPSA) is 157 Å². The molecule has 0 bridgehead atoms. The molecule has 3 saturated heterocycles. The number of aromatic carboxylic acids is 1. The van der Waals surface area contributed by atoms with Gasteiger partial charge in [-0.15, -0.1) is 0 Å². The molecule has 4 heterocycles. The molecule has 4 aliphatic heterocycles. The number of carboxylic acid groups (broad SMARTS) is 1. The highest BCUT2D eigenvalue weighted by atomic mass is 16.6. The molecule has 2 spiro atoms. The number of fused-ring (bicyclic) bond motifs is 2. The van der Waals surface area contributed by atoms with Crippen LogP contribution in [0.3, 0.4) is 0 Å². The number of ether oxygens (including phenoxy) is 2. The molecule has 14 heteroatoms. The Kier molecular flexibility index (Phi) is 11.0. The van der Waals surface area contributed by atoms with E-state index in [0.29, 0.717) is 66.8 Å². The monoisotopic (exact) mass is 855 g/mol. The molecule has 3 N–H and O–H groups in total. The maximum Gasteiger partial charge on any atom is 0.407 e. The molecule has 3 aromatic rings. The van der Waals surface area contributed by atoms with Crippen molar-refractivity contribution in [3.8, 4) is 28.2 Å². The molecule has 4 amide bonds. The highest BCUT2D eigenvalue weighted by Gasteiger charge is 2.57. The summed E-state index contributed by atoms with van der Waals surface area (Å²) >= 11 is 0. The standard InChI is InChI=1S/C49H54N6O8/c1-52(2)34-13-16-37-41(22-34)63-42-23-35(53(3)4)14-17-38(42)43(37)39-21-33(12-15-36(39)45(57)58)44(56)50-18-8-5-9-19-61-40-11-7-6-10-32(40)20-31-24-48(25-31)26-54(27-48)47(60)55-28-49(29-55)30-62-46(59)51-49/h6-7,10-17,21-23,31H,5,8-9,18-20,24-30H2,1-4H3,(H2-,50,51,56,57,58,59)/p+1. The average molecular weight is 856 g/mol. The van der Waals surface area contributed by atoms with Crippen molar-refractivity contribution in [1.29, 1.82) is 0 Å². The van der Waals surface area contributed by atoms with E-state index < -0.39 is 17.6 Å². The van der Waals surface area contributed by atoms with Gasteiger partial charge in [-0.05, 0) is 98.0 Å². The first-order valence-electron chi connectivity index (χ1n) is 21.8. The first-order chi connectivity index (χ1) is 30.3. The number of carbonyl (C=O) groups excluding carboxylic acids is 3. The molecule has 0 atom stereocenters. The molecule has 2 aliphatic carbocycles. The molecule has 14 nitrogen and oxygen atoms in total. The van der Waals surface area contributed by atoms with Gasteiger partial charge in [0, 0.05) is 79.0 Å². The highest BCUT2D eigenvalue weighted by Crippen LogP contribution is 2.53. The lowest BCUT2D eigenvalue weighted by molar-refractivity contribution is -0.0827. The van der Waals surface area contributed by atoms with Gasteiger partial charge in [0.15, 0.2) is 0 Å². The molecule has 3 aromatic carbocycles. The van der Waals surface area contributed by atoms with E-state index in [-0.39, 0.29) is 22.9 Å². The van der Waals surface area contributed by atoms with Gasteiger partial charge in [0.05, 0.1) is 31.3 Å². The Hall–Kier alpha value is -6.57. The fourth-order valence-corrected chi connectivity index (χ4v) is 9.96. The number of likely N-dealkylation sites (tertiary alicyclic amines) is 2. The quantitative estimate of drug-likeness (QED) is 0.0719. The second-order valence-electron chi connectivity index (χ2n) is 18.4. The molecular formula is C49H55N6O8+. The zero-order chi connectivity index (χ0) is 44.0. The van der Waals surface area contributed by atoms with Gasteiger partial charge >= 0.3 is 18.1 Å². The number of nitrogens with one attached hydrogen (secondary N) is 2. The van der Waals surface area contributed by atoms with Crippen LogP contribution < -0.4 is 30.2 Å². The molecule has 0 radical (unpaired) electrons. The van der Waals surface area contributed by atoms with Gasteiger partial charge in [0.2, 0.25) is 5.36 Å². The van der Waals surface area contributed by atoms with Gasteiger partial charge in [-0.2, -0.15) is 0 Å². The second kappa shape index (κ2) is 16.6. The number of urea groups is 1. The van der Waals surface area contributed by atoms with Crippen LogP contribution in [0.1, 0.15) is 58.4 Å². The van der Waals surface area contributed by atoms with E-state index in [1.165, 1.54) is 11.6 Å². The minimum absolute atomic E-state index is 0.0554. The van der Waals surface area contributed by atoms with E-state index in [1.54, 1.807) is 17.0 Å². The SMILES string of the molecule is CN(C)c1ccc2c(-c3cc(C(=O)NCCCCCOc4ccccc4CC4CC5(C4)CN(C(=O)N4CC6(COC(=O)N6)C4)C5)ccc3C(=O)O)c3ccc(=[N+](C)C)cc-3oc2c1. The average Bonchev–Trinajstić information content (AvgIpc) is 3.63. The third-order valence-corrected chi connectivity index (χ3v) is 13.2. The number of para-hydroxylation sites is 1. The van der Waals surface area contributed by atoms with Crippen molar-refractivity contribution in [2.75, 3.05) is 79.0 Å². The molecule has 328 valence electrons. The molecular weight excluding hydrogens is 801 g/mol. The minimum atomic E-state index is -1.08. The van der Waals surface area contributed by atoms with Gasteiger partial charge in [-0.1, -0.05) is 18.2 Å². The lowest BCUT2D eigenvalue weighted by Gasteiger charge is -2.61. The van der Waals surface area contributed by atoms with Crippen LogP contribution in [0.4, 0.5) is 15.3 Å². The summed E-state index contributed by atoms with van der Waals surface area (Å²) in [7, 11) is 7.81. The van der Waals surface area contributed by atoms with Gasteiger partial charge in [0.25, 0.3) is 5.91 Å². The van der Waals surface area contributed by atoms with Crippen LogP contribution in [0.5, 0.6) is 5.75 Å². The molecule has 6 aliphatic rings. The van der Waals surface area contributed by atoms with Gasteiger partial charge in [0.1, 0.15) is 43.3 Å². The summed E-state index contributed by atoms with van der Waals surface area (Å²) in [6, 6.07) is 24.8. The first-order valence-corrected chi connectivity index (χ1v) is 21.8. The number of cyclic esters (lactones) is 1. The molecule has 1 saturated carbocycles. The predicted molar refractivity (Wildman–Crippen MR) is 239 cm³/mol. The van der Waals surface area contributed by atoms with Crippen LogP contribution in [-0.4, -0.2) is 119 Å². The third-order valence-electron chi connectivity index (χ3n) is 13.2. The fraction of sp³-hybridized carbons (Fsp3) is 0.408. The summed E-state index contributed by atoms with van der Waals surface area (Å²) in [5.74, 6) is 0.728. The summed E-state index contributed by atoms with van der Waals surface area (Å²) in [4.78, 5) is 56.4. The Morgan fingerprint density at radius 3 is 2.43 bits per heavy atom. The largest absolute Gasteiger partial charge is 0.493 e. The van der Waals surface area contributed by atoms with E-state index >= 15 is 0 Å². The zero-order valence-electron chi connectivity index (χ0n) is 36.4. The Labute approximate surface area is 366 Å². The number of alkyl carbamates (subject to hydrolysis) is 1. The maximum absolute atomic E-state index is 13.6. The number of hydrogen-bond acceptors (Lipinski definition) is 8. The normalized spacial score (nSPS) is 17.2. The summed E-state index contributed by atoms with van der Waals surface area (Å²) in [5.41, 5.74) is 4.94. The summed E-state index contributed by atoms with van der Waals surface area (Å²) < 4.78 is 19.7. The Balaban J connectivity index is 0.764.